The Morgan fingerprint density at radius 2 is 1.81 bits per heavy atom. The van der Waals surface area contributed by atoms with Crippen LogP contribution in [0.25, 0.3) is 0 Å². The Balaban J connectivity index is 1.75. The topological polar surface area (TPSA) is 57.7 Å². The summed E-state index contributed by atoms with van der Waals surface area (Å²) in [6, 6.07) is 15.0. The molecule has 1 atom stereocenters. The van der Waals surface area contributed by atoms with Crippen molar-refractivity contribution >= 4 is 29.0 Å². The Bertz CT molecular complexity index is 891. The van der Waals surface area contributed by atoms with Gasteiger partial charge in [-0.1, -0.05) is 30.3 Å². The van der Waals surface area contributed by atoms with Crippen molar-refractivity contribution in [2.24, 2.45) is 0 Å². The maximum Gasteiger partial charge on any atom is 0.229 e. The highest BCUT2D eigenvalue weighted by atomic mass is 16.2. The molecular formula is C22H24N2O3. The molecule has 1 unspecified atom stereocenters. The summed E-state index contributed by atoms with van der Waals surface area (Å²) >= 11 is 0. The van der Waals surface area contributed by atoms with E-state index in [2.05, 4.69) is 0 Å². The van der Waals surface area contributed by atoms with E-state index in [4.69, 9.17) is 0 Å². The van der Waals surface area contributed by atoms with Gasteiger partial charge in [0.05, 0.1) is 0 Å². The van der Waals surface area contributed by atoms with Gasteiger partial charge in [0.15, 0.2) is 5.78 Å². The summed E-state index contributed by atoms with van der Waals surface area (Å²) in [4.78, 5) is 40.0. The third-order valence-electron chi connectivity index (χ3n) is 4.97. The van der Waals surface area contributed by atoms with Gasteiger partial charge in [-0.25, -0.2) is 0 Å². The number of para-hydroxylation sites is 1. The summed E-state index contributed by atoms with van der Waals surface area (Å²) in [5.41, 5.74) is 3.32. The lowest BCUT2D eigenvalue weighted by atomic mass is 10.1. The van der Waals surface area contributed by atoms with Crippen molar-refractivity contribution in [2.45, 2.75) is 39.7 Å². The number of ketones is 1. The molecule has 2 amide bonds. The van der Waals surface area contributed by atoms with E-state index in [1.165, 1.54) is 19.4 Å². The molecule has 0 saturated heterocycles. The lowest BCUT2D eigenvalue weighted by Gasteiger charge is -2.26. The maximum atomic E-state index is 12.9. The van der Waals surface area contributed by atoms with Crippen LogP contribution in [0.1, 0.15) is 43.1 Å². The van der Waals surface area contributed by atoms with Crippen LogP contribution in [0.5, 0.6) is 0 Å². The highest BCUT2D eigenvalue weighted by molar-refractivity contribution is 5.99. The number of hydrogen-bond acceptors (Lipinski definition) is 3. The van der Waals surface area contributed by atoms with Crippen molar-refractivity contribution < 1.29 is 14.4 Å². The van der Waals surface area contributed by atoms with Gasteiger partial charge in [-0.2, -0.15) is 0 Å². The maximum absolute atomic E-state index is 12.9. The number of fused-ring (bicyclic) bond motifs is 1. The number of carbonyl (C=O) groups is 3. The third kappa shape index (κ3) is 3.92. The Labute approximate surface area is 159 Å². The molecule has 0 fully saturated rings. The fourth-order valence-corrected chi connectivity index (χ4v) is 3.63. The lowest BCUT2D eigenvalue weighted by molar-refractivity contribution is -0.119. The second kappa shape index (κ2) is 7.74. The monoisotopic (exact) mass is 364 g/mol. The van der Waals surface area contributed by atoms with Crippen LogP contribution in [0, 0.1) is 0 Å². The molecule has 0 saturated carbocycles. The fraction of sp³-hybridized carbons (Fsp3) is 0.318. The summed E-state index contributed by atoms with van der Waals surface area (Å²) in [6.07, 6.45) is 1.07. The number of amides is 2. The predicted molar refractivity (Wildman–Crippen MR) is 106 cm³/mol. The molecule has 1 heterocycles. The van der Waals surface area contributed by atoms with Crippen molar-refractivity contribution in [2.75, 3.05) is 16.3 Å². The number of carbonyl (C=O) groups excluding carboxylic acids is 3. The second-order valence-corrected chi connectivity index (χ2v) is 6.97. The molecule has 0 aliphatic carbocycles. The van der Waals surface area contributed by atoms with Gasteiger partial charge in [0, 0.05) is 42.9 Å². The first-order valence-electron chi connectivity index (χ1n) is 9.17. The van der Waals surface area contributed by atoms with Gasteiger partial charge >= 0.3 is 0 Å². The smallest absolute Gasteiger partial charge is 0.229 e. The molecule has 0 N–H and O–H groups in total. The highest BCUT2D eigenvalue weighted by Crippen LogP contribution is 2.32. The number of benzene rings is 2. The molecule has 3 rings (SSSR count). The van der Waals surface area contributed by atoms with Crippen LogP contribution in [0.4, 0.5) is 11.4 Å². The SMILES string of the molecule is CC(=O)c1cccc(N(CCC(=O)N2c3ccccc3CC2C)C(C)=O)c1. The van der Waals surface area contributed by atoms with Gasteiger partial charge in [-0.05, 0) is 44.0 Å². The number of nitrogens with zero attached hydrogens (tertiary/aromatic N) is 2. The zero-order valence-electron chi connectivity index (χ0n) is 15.9. The molecule has 2 aromatic carbocycles. The minimum Gasteiger partial charge on any atom is -0.312 e. The standard InChI is InChI=1S/C22H24N2O3/c1-15-13-19-7-4-5-10-21(19)24(15)22(27)11-12-23(17(3)26)20-9-6-8-18(14-20)16(2)25/h4-10,14-15H,11-13H2,1-3H3. The van der Waals surface area contributed by atoms with Crippen molar-refractivity contribution in [3.05, 3.63) is 59.7 Å². The molecule has 5 nitrogen and oxygen atoms in total. The Kier molecular flexibility index (Phi) is 5.40. The van der Waals surface area contributed by atoms with E-state index in [9.17, 15) is 14.4 Å². The van der Waals surface area contributed by atoms with Crippen molar-refractivity contribution in [1.29, 1.82) is 0 Å². The van der Waals surface area contributed by atoms with Crippen molar-refractivity contribution in [3.8, 4) is 0 Å². The Morgan fingerprint density at radius 3 is 2.52 bits per heavy atom. The molecule has 0 spiro atoms. The van der Waals surface area contributed by atoms with Crippen LogP contribution in [0.2, 0.25) is 0 Å². The lowest BCUT2D eigenvalue weighted by Crippen LogP contribution is -2.39. The molecule has 27 heavy (non-hydrogen) atoms. The average Bonchev–Trinajstić information content (AvgIpc) is 2.97. The van der Waals surface area contributed by atoms with Gasteiger partial charge in [-0.15, -0.1) is 0 Å². The Morgan fingerprint density at radius 1 is 1.07 bits per heavy atom. The summed E-state index contributed by atoms with van der Waals surface area (Å²) in [5, 5.41) is 0. The van der Waals surface area contributed by atoms with Crippen LogP contribution in [-0.2, 0) is 16.0 Å². The van der Waals surface area contributed by atoms with E-state index in [1.54, 1.807) is 29.2 Å². The normalized spacial score (nSPS) is 15.4. The molecule has 2 aromatic rings. The number of rotatable bonds is 5. The van der Waals surface area contributed by atoms with Crippen molar-refractivity contribution in [3.63, 3.8) is 0 Å². The molecule has 0 aromatic heterocycles. The highest BCUT2D eigenvalue weighted by Gasteiger charge is 2.30. The van der Waals surface area contributed by atoms with E-state index in [0.717, 1.165) is 12.1 Å². The molecule has 0 bridgehead atoms. The average molecular weight is 364 g/mol. The van der Waals surface area contributed by atoms with Crippen LogP contribution >= 0.6 is 0 Å². The summed E-state index contributed by atoms with van der Waals surface area (Å²) in [5.74, 6) is -0.210. The molecule has 1 aliphatic rings. The van der Waals surface area contributed by atoms with Crippen LogP contribution in [0.15, 0.2) is 48.5 Å². The molecule has 1 aliphatic heterocycles. The molecule has 0 radical (unpaired) electrons. The minimum absolute atomic E-state index is 0.00132. The summed E-state index contributed by atoms with van der Waals surface area (Å²) < 4.78 is 0. The van der Waals surface area contributed by atoms with E-state index < -0.39 is 0 Å². The van der Waals surface area contributed by atoms with Crippen LogP contribution in [-0.4, -0.2) is 30.2 Å². The van der Waals surface area contributed by atoms with Gasteiger partial charge in [0.25, 0.3) is 0 Å². The molecular weight excluding hydrogens is 340 g/mol. The van der Waals surface area contributed by atoms with Gasteiger partial charge in [0.2, 0.25) is 11.8 Å². The summed E-state index contributed by atoms with van der Waals surface area (Å²) in [7, 11) is 0. The van der Waals surface area contributed by atoms with Gasteiger partial charge < -0.3 is 9.80 Å². The first-order chi connectivity index (χ1) is 12.9. The second-order valence-electron chi connectivity index (χ2n) is 6.97. The van der Waals surface area contributed by atoms with Gasteiger partial charge in [0.1, 0.15) is 0 Å². The van der Waals surface area contributed by atoms with Crippen LogP contribution in [0.3, 0.4) is 0 Å². The number of hydrogen-bond donors (Lipinski definition) is 0. The van der Waals surface area contributed by atoms with E-state index in [0.29, 0.717) is 11.3 Å². The zero-order valence-corrected chi connectivity index (χ0v) is 15.9. The first kappa shape index (κ1) is 18.8. The quantitative estimate of drug-likeness (QED) is 0.762. The fourth-order valence-electron chi connectivity index (χ4n) is 3.63. The van der Waals surface area contributed by atoms with Gasteiger partial charge in [-0.3, -0.25) is 14.4 Å². The van der Waals surface area contributed by atoms with E-state index in [1.807, 2.05) is 36.1 Å². The largest absolute Gasteiger partial charge is 0.312 e. The van der Waals surface area contributed by atoms with Crippen molar-refractivity contribution in [1.82, 2.24) is 0 Å². The summed E-state index contributed by atoms with van der Waals surface area (Å²) in [6.45, 7) is 5.28. The van der Waals surface area contributed by atoms with Crippen LogP contribution < -0.4 is 9.80 Å². The number of anilines is 2. The predicted octanol–water partition coefficient (Wildman–Crippen LogP) is 3.61. The van der Waals surface area contributed by atoms with E-state index in [-0.39, 0.29) is 36.6 Å². The van der Waals surface area contributed by atoms with E-state index >= 15 is 0 Å². The first-order valence-corrected chi connectivity index (χ1v) is 9.17. The third-order valence-corrected chi connectivity index (χ3v) is 4.97. The zero-order chi connectivity index (χ0) is 19.6. The molecule has 140 valence electrons. The molecule has 5 heteroatoms. The Hall–Kier alpha value is -2.95. The number of Topliss-reactive ketones (excluding diaryl/α,β-unsaturated/α-hetero) is 1. The minimum atomic E-state index is -0.154.